The van der Waals surface area contributed by atoms with Crippen molar-refractivity contribution in [2.24, 2.45) is 0 Å². The van der Waals surface area contributed by atoms with Crippen LogP contribution in [0, 0.1) is 0 Å². The Morgan fingerprint density at radius 2 is 1.65 bits per heavy atom. The van der Waals surface area contributed by atoms with E-state index in [9.17, 15) is 9.59 Å². The fourth-order valence-corrected chi connectivity index (χ4v) is 3.29. The number of benzene rings is 2. The number of carbonyl (C=O) groups is 2. The molecule has 136 valence electrons. The number of hydrogen-bond acceptors (Lipinski definition) is 3. The minimum atomic E-state index is -0.143. The summed E-state index contributed by atoms with van der Waals surface area (Å²) < 4.78 is 0. The SMILES string of the molecule is O=C(CN1CCC(NC(=O)c2ccccc2Cl)CC1)Nc1ccccc1. The number of carbonyl (C=O) groups excluding carboxylic acids is 2. The number of piperidine rings is 1. The highest BCUT2D eigenvalue weighted by Crippen LogP contribution is 2.16. The second-order valence-electron chi connectivity index (χ2n) is 6.42. The summed E-state index contributed by atoms with van der Waals surface area (Å²) >= 11 is 6.07. The lowest BCUT2D eigenvalue weighted by molar-refractivity contribution is -0.117. The summed E-state index contributed by atoms with van der Waals surface area (Å²) in [5.41, 5.74) is 1.30. The van der Waals surface area contributed by atoms with Crippen LogP contribution < -0.4 is 10.6 Å². The van der Waals surface area contributed by atoms with E-state index in [0.29, 0.717) is 17.1 Å². The molecule has 2 N–H and O–H groups in total. The highest BCUT2D eigenvalue weighted by molar-refractivity contribution is 6.33. The Hall–Kier alpha value is -2.37. The molecule has 2 aromatic rings. The van der Waals surface area contributed by atoms with Gasteiger partial charge >= 0.3 is 0 Å². The Balaban J connectivity index is 1.43. The van der Waals surface area contributed by atoms with E-state index in [1.807, 2.05) is 30.3 Å². The van der Waals surface area contributed by atoms with Gasteiger partial charge in [-0.25, -0.2) is 0 Å². The smallest absolute Gasteiger partial charge is 0.253 e. The van der Waals surface area contributed by atoms with Crippen LogP contribution in [-0.4, -0.2) is 42.4 Å². The van der Waals surface area contributed by atoms with Gasteiger partial charge in [0.25, 0.3) is 5.91 Å². The van der Waals surface area contributed by atoms with Gasteiger partial charge in [0.1, 0.15) is 0 Å². The average Bonchev–Trinajstić information content (AvgIpc) is 2.64. The van der Waals surface area contributed by atoms with Crippen molar-refractivity contribution in [2.75, 3.05) is 25.0 Å². The van der Waals surface area contributed by atoms with Gasteiger partial charge in [0.2, 0.25) is 5.91 Å². The predicted octanol–water partition coefficient (Wildman–Crippen LogP) is 3.17. The first kappa shape index (κ1) is 18.4. The van der Waals surface area contributed by atoms with E-state index in [2.05, 4.69) is 15.5 Å². The molecule has 0 unspecified atom stereocenters. The quantitative estimate of drug-likeness (QED) is 0.848. The van der Waals surface area contributed by atoms with Crippen LogP contribution in [0.3, 0.4) is 0 Å². The highest BCUT2D eigenvalue weighted by atomic mass is 35.5. The topological polar surface area (TPSA) is 61.4 Å². The molecule has 1 fully saturated rings. The zero-order valence-electron chi connectivity index (χ0n) is 14.5. The molecule has 0 aromatic heterocycles. The fraction of sp³-hybridized carbons (Fsp3) is 0.300. The Kier molecular flexibility index (Phi) is 6.26. The zero-order chi connectivity index (χ0) is 18.4. The molecule has 0 spiro atoms. The zero-order valence-corrected chi connectivity index (χ0v) is 15.2. The summed E-state index contributed by atoms with van der Waals surface area (Å²) in [5, 5.41) is 6.39. The predicted molar refractivity (Wildman–Crippen MR) is 103 cm³/mol. The van der Waals surface area contributed by atoms with Crippen molar-refractivity contribution in [3.8, 4) is 0 Å². The Labute approximate surface area is 158 Å². The molecule has 6 heteroatoms. The normalized spacial score (nSPS) is 15.4. The second kappa shape index (κ2) is 8.83. The van der Waals surface area contributed by atoms with Gasteiger partial charge in [0.05, 0.1) is 17.1 Å². The van der Waals surface area contributed by atoms with Gasteiger partial charge in [-0.05, 0) is 37.1 Å². The third kappa shape index (κ3) is 5.07. The third-order valence-corrected chi connectivity index (χ3v) is 4.80. The van der Waals surface area contributed by atoms with Gasteiger partial charge in [0.15, 0.2) is 0 Å². The minimum Gasteiger partial charge on any atom is -0.349 e. The molecular formula is C20H22ClN3O2. The van der Waals surface area contributed by atoms with Crippen molar-refractivity contribution in [3.05, 3.63) is 65.2 Å². The van der Waals surface area contributed by atoms with Crippen LogP contribution in [0.2, 0.25) is 5.02 Å². The Morgan fingerprint density at radius 3 is 2.35 bits per heavy atom. The van der Waals surface area contributed by atoms with Crippen LogP contribution in [-0.2, 0) is 4.79 Å². The van der Waals surface area contributed by atoms with Crippen molar-refractivity contribution in [1.29, 1.82) is 0 Å². The summed E-state index contributed by atoms with van der Waals surface area (Å²) in [6, 6.07) is 16.6. The summed E-state index contributed by atoms with van der Waals surface area (Å²) in [6.07, 6.45) is 1.63. The molecule has 1 saturated heterocycles. The minimum absolute atomic E-state index is 0.0187. The molecular weight excluding hydrogens is 350 g/mol. The summed E-state index contributed by atoms with van der Waals surface area (Å²) in [7, 11) is 0. The van der Waals surface area contributed by atoms with Gasteiger partial charge in [-0.3, -0.25) is 14.5 Å². The Bertz CT molecular complexity index is 759. The number of nitrogens with zero attached hydrogens (tertiary/aromatic N) is 1. The number of nitrogens with one attached hydrogen (secondary N) is 2. The van der Waals surface area contributed by atoms with Gasteiger partial charge < -0.3 is 10.6 Å². The molecule has 0 aliphatic carbocycles. The third-order valence-electron chi connectivity index (χ3n) is 4.47. The van der Waals surface area contributed by atoms with Crippen molar-refractivity contribution < 1.29 is 9.59 Å². The van der Waals surface area contributed by atoms with Crippen LogP contribution in [0.15, 0.2) is 54.6 Å². The van der Waals surface area contributed by atoms with Gasteiger partial charge in [-0.15, -0.1) is 0 Å². The van der Waals surface area contributed by atoms with Gasteiger partial charge in [-0.1, -0.05) is 41.9 Å². The van der Waals surface area contributed by atoms with E-state index in [4.69, 9.17) is 11.6 Å². The van der Waals surface area contributed by atoms with Crippen LogP contribution in [0.1, 0.15) is 23.2 Å². The number of rotatable bonds is 5. The van der Waals surface area contributed by atoms with E-state index in [0.717, 1.165) is 31.6 Å². The van der Waals surface area contributed by atoms with E-state index < -0.39 is 0 Å². The molecule has 5 nitrogen and oxygen atoms in total. The van der Waals surface area contributed by atoms with E-state index >= 15 is 0 Å². The molecule has 1 aliphatic heterocycles. The molecule has 2 amide bonds. The van der Waals surface area contributed by atoms with Crippen LogP contribution >= 0.6 is 11.6 Å². The molecule has 1 heterocycles. The Morgan fingerprint density at radius 1 is 1.00 bits per heavy atom. The molecule has 1 aliphatic rings. The standard InChI is InChI=1S/C20H22ClN3O2/c21-18-9-5-4-8-17(18)20(26)23-16-10-12-24(13-11-16)14-19(25)22-15-6-2-1-3-7-15/h1-9,16H,10-14H2,(H,22,25)(H,23,26). The largest absolute Gasteiger partial charge is 0.349 e. The average molecular weight is 372 g/mol. The number of hydrogen-bond donors (Lipinski definition) is 2. The highest BCUT2D eigenvalue weighted by Gasteiger charge is 2.23. The first-order valence-corrected chi connectivity index (χ1v) is 9.12. The molecule has 0 atom stereocenters. The van der Waals surface area contributed by atoms with Gasteiger partial charge in [0, 0.05) is 24.8 Å². The van der Waals surface area contributed by atoms with Crippen molar-refractivity contribution in [3.63, 3.8) is 0 Å². The number of amides is 2. The van der Waals surface area contributed by atoms with E-state index in [1.54, 1.807) is 24.3 Å². The molecule has 0 saturated carbocycles. The number of likely N-dealkylation sites (tertiary alicyclic amines) is 1. The number of anilines is 1. The second-order valence-corrected chi connectivity index (χ2v) is 6.83. The number of halogens is 1. The maximum absolute atomic E-state index is 12.3. The molecule has 26 heavy (non-hydrogen) atoms. The monoisotopic (exact) mass is 371 g/mol. The molecule has 0 bridgehead atoms. The van der Waals surface area contributed by atoms with Crippen LogP contribution in [0.5, 0.6) is 0 Å². The van der Waals surface area contributed by atoms with E-state index in [-0.39, 0.29) is 17.9 Å². The van der Waals surface area contributed by atoms with Gasteiger partial charge in [-0.2, -0.15) is 0 Å². The van der Waals surface area contributed by atoms with Crippen LogP contribution in [0.25, 0.3) is 0 Å². The molecule has 0 radical (unpaired) electrons. The lowest BCUT2D eigenvalue weighted by Gasteiger charge is -2.31. The van der Waals surface area contributed by atoms with E-state index in [1.165, 1.54) is 0 Å². The molecule has 2 aromatic carbocycles. The van der Waals surface area contributed by atoms with Crippen LogP contribution in [0.4, 0.5) is 5.69 Å². The summed E-state index contributed by atoms with van der Waals surface area (Å²) in [6.45, 7) is 1.91. The van der Waals surface area contributed by atoms with Crippen molar-refractivity contribution in [2.45, 2.75) is 18.9 Å². The lowest BCUT2D eigenvalue weighted by atomic mass is 10.0. The van der Waals surface area contributed by atoms with Crippen molar-refractivity contribution in [1.82, 2.24) is 10.2 Å². The first-order valence-electron chi connectivity index (χ1n) is 8.74. The maximum atomic E-state index is 12.3. The fourth-order valence-electron chi connectivity index (χ4n) is 3.07. The first-order chi connectivity index (χ1) is 12.6. The maximum Gasteiger partial charge on any atom is 0.253 e. The summed E-state index contributed by atoms with van der Waals surface area (Å²) in [4.78, 5) is 26.6. The molecule has 3 rings (SSSR count). The van der Waals surface area contributed by atoms with Crippen molar-refractivity contribution >= 4 is 29.1 Å². The summed E-state index contributed by atoms with van der Waals surface area (Å²) in [5.74, 6) is -0.161. The number of para-hydroxylation sites is 1. The lowest BCUT2D eigenvalue weighted by Crippen LogP contribution is -2.46.